The van der Waals surface area contributed by atoms with Crippen LogP contribution in [-0.2, 0) is 0 Å². The van der Waals surface area contributed by atoms with Gasteiger partial charge in [0.25, 0.3) is 0 Å². The van der Waals surface area contributed by atoms with Crippen LogP contribution < -0.4 is 25.4 Å². The second-order valence-corrected chi connectivity index (χ2v) is 6.47. The summed E-state index contributed by atoms with van der Waals surface area (Å²) in [6.45, 7) is 10.4. The van der Waals surface area contributed by atoms with Gasteiger partial charge < -0.3 is 30.5 Å². The van der Waals surface area contributed by atoms with Crippen molar-refractivity contribution in [1.82, 2.24) is 20.9 Å². The summed E-state index contributed by atoms with van der Waals surface area (Å²) in [6.07, 6.45) is -0.478. The minimum Gasteiger partial charge on any atom is -0.486 e. The minimum absolute atomic E-state index is 0.478. The Bertz CT molecular complexity index is 508. The molecule has 0 spiro atoms. The van der Waals surface area contributed by atoms with E-state index in [9.17, 15) is 5.11 Å². The second-order valence-electron chi connectivity index (χ2n) is 6.47. The number of nitrogens with zero attached hydrogens (tertiary/aromatic N) is 1. The number of fused-ring (bicyclic) bond motifs is 1. The molecule has 0 bridgehead atoms. The van der Waals surface area contributed by atoms with Crippen molar-refractivity contribution in [2.45, 2.75) is 6.10 Å². The Morgan fingerprint density at radius 2 is 1.48 bits per heavy atom. The number of benzene rings is 1. The summed E-state index contributed by atoms with van der Waals surface area (Å²) in [5.41, 5.74) is 0.891. The number of nitrogens with one attached hydrogen (secondary N) is 3. The van der Waals surface area contributed by atoms with Gasteiger partial charge in [-0.15, -0.1) is 0 Å². The SMILES string of the molecule is C1CNCCN1.OC(CN1CCNCC1)c1ccc2c(c1)OCCO2. The van der Waals surface area contributed by atoms with Gasteiger partial charge in [0.15, 0.2) is 11.5 Å². The maximum absolute atomic E-state index is 10.3. The molecule has 3 aliphatic rings. The standard InChI is InChI=1S/C14H20N2O3.C4H10N2/c17-12(10-16-5-3-15-4-6-16)11-1-2-13-14(9-11)19-8-7-18-13;1-2-6-4-3-5-1/h1-2,9,12,15,17H,3-8,10H2;5-6H,1-4H2. The topological polar surface area (TPSA) is 78.0 Å². The van der Waals surface area contributed by atoms with Crippen LogP contribution >= 0.6 is 0 Å². The van der Waals surface area contributed by atoms with Crippen LogP contribution in [0.2, 0.25) is 0 Å². The van der Waals surface area contributed by atoms with Crippen molar-refractivity contribution in [3.05, 3.63) is 23.8 Å². The van der Waals surface area contributed by atoms with E-state index in [1.54, 1.807) is 0 Å². The van der Waals surface area contributed by atoms with E-state index in [1.165, 1.54) is 0 Å². The Morgan fingerprint density at radius 1 is 0.880 bits per heavy atom. The molecule has 7 nitrogen and oxygen atoms in total. The summed E-state index contributed by atoms with van der Waals surface area (Å²) in [5.74, 6) is 1.51. The fraction of sp³-hybridized carbons (Fsp3) is 0.667. The third-order valence-corrected chi connectivity index (χ3v) is 4.55. The smallest absolute Gasteiger partial charge is 0.161 e. The van der Waals surface area contributed by atoms with Crippen LogP contribution in [0.5, 0.6) is 11.5 Å². The van der Waals surface area contributed by atoms with E-state index in [-0.39, 0.29) is 0 Å². The molecule has 4 rings (SSSR count). The van der Waals surface area contributed by atoms with Gasteiger partial charge in [0.2, 0.25) is 0 Å². The van der Waals surface area contributed by atoms with Crippen molar-refractivity contribution < 1.29 is 14.6 Å². The molecular formula is C18H30N4O3. The summed E-state index contributed by atoms with van der Waals surface area (Å²) >= 11 is 0. The number of ether oxygens (including phenoxy) is 2. The van der Waals surface area contributed by atoms with Gasteiger partial charge in [-0.25, -0.2) is 0 Å². The minimum atomic E-state index is -0.478. The van der Waals surface area contributed by atoms with Gasteiger partial charge in [-0.2, -0.15) is 0 Å². The van der Waals surface area contributed by atoms with Gasteiger partial charge in [-0.1, -0.05) is 6.07 Å². The zero-order valence-electron chi connectivity index (χ0n) is 14.8. The first-order valence-electron chi connectivity index (χ1n) is 9.25. The van der Waals surface area contributed by atoms with Crippen molar-refractivity contribution >= 4 is 0 Å². The molecule has 7 heteroatoms. The van der Waals surface area contributed by atoms with Crippen LogP contribution in [-0.4, -0.2) is 82.1 Å². The fourth-order valence-electron chi connectivity index (χ4n) is 3.11. The average Bonchev–Trinajstić information content (AvgIpc) is 2.70. The van der Waals surface area contributed by atoms with E-state index in [4.69, 9.17) is 9.47 Å². The quantitative estimate of drug-likeness (QED) is 0.590. The molecule has 0 radical (unpaired) electrons. The highest BCUT2D eigenvalue weighted by Crippen LogP contribution is 2.32. The Hall–Kier alpha value is -1.38. The monoisotopic (exact) mass is 350 g/mol. The fourth-order valence-corrected chi connectivity index (χ4v) is 3.11. The lowest BCUT2D eigenvalue weighted by atomic mass is 10.1. The summed E-state index contributed by atoms with van der Waals surface area (Å²) < 4.78 is 11.0. The largest absolute Gasteiger partial charge is 0.486 e. The third-order valence-electron chi connectivity index (χ3n) is 4.55. The number of rotatable bonds is 3. The van der Waals surface area contributed by atoms with E-state index in [1.807, 2.05) is 18.2 Å². The Labute approximate surface area is 149 Å². The van der Waals surface area contributed by atoms with Crippen LogP contribution in [0.15, 0.2) is 18.2 Å². The Kier molecular flexibility index (Phi) is 7.32. The number of β-amino-alcohol motifs (C(OH)–C–C–N with tert-alkyl or cyclic N) is 1. The van der Waals surface area contributed by atoms with E-state index in [2.05, 4.69) is 20.9 Å². The molecule has 1 aromatic rings. The summed E-state index contributed by atoms with van der Waals surface area (Å²) in [5, 5.41) is 20.1. The lowest BCUT2D eigenvalue weighted by Gasteiger charge is -2.29. The number of hydrogen-bond donors (Lipinski definition) is 4. The lowest BCUT2D eigenvalue weighted by molar-refractivity contribution is 0.105. The molecule has 2 fully saturated rings. The predicted octanol–water partition coefficient (Wildman–Crippen LogP) is -0.424. The van der Waals surface area contributed by atoms with Crippen molar-refractivity contribution in [3.8, 4) is 11.5 Å². The van der Waals surface area contributed by atoms with Crippen molar-refractivity contribution in [2.24, 2.45) is 0 Å². The van der Waals surface area contributed by atoms with Gasteiger partial charge >= 0.3 is 0 Å². The molecule has 1 unspecified atom stereocenters. The van der Waals surface area contributed by atoms with Gasteiger partial charge in [0.05, 0.1) is 6.10 Å². The normalized spacial score (nSPS) is 21.8. The molecule has 0 aliphatic carbocycles. The zero-order valence-corrected chi connectivity index (χ0v) is 14.8. The third kappa shape index (κ3) is 5.83. The van der Waals surface area contributed by atoms with Gasteiger partial charge in [0.1, 0.15) is 13.2 Å². The molecule has 0 amide bonds. The van der Waals surface area contributed by atoms with Crippen LogP contribution in [0.1, 0.15) is 11.7 Å². The molecule has 1 aromatic carbocycles. The molecule has 0 saturated carbocycles. The van der Waals surface area contributed by atoms with Crippen molar-refractivity contribution in [3.63, 3.8) is 0 Å². The molecule has 4 N–H and O–H groups in total. The van der Waals surface area contributed by atoms with Crippen LogP contribution in [0, 0.1) is 0 Å². The number of aliphatic hydroxyl groups is 1. The first-order chi connectivity index (χ1) is 12.3. The summed E-state index contributed by atoms with van der Waals surface area (Å²) in [6, 6.07) is 5.69. The van der Waals surface area contributed by atoms with Crippen LogP contribution in [0.25, 0.3) is 0 Å². The second kappa shape index (κ2) is 9.94. The Morgan fingerprint density at radius 3 is 2.12 bits per heavy atom. The predicted molar refractivity (Wildman–Crippen MR) is 97.4 cm³/mol. The van der Waals surface area contributed by atoms with Crippen molar-refractivity contribution in [2.75, 3.05) is 72.1 Å². The zero-order chi connectivity index (χ0) is 17.3. The highest BCUT2D eigenvalue weighted by atomic mass is 16.6. The summed E-state index contributed by atoms with van der Waals surface area (Å²) in [4.78, 5) is 2.28. The van der Waals surface area contributed by atoms with E-state index in [0.717, 1.165) is 69.4 Å². The average molecular weight is 350 g/mol. The molecule has 25 heavy (non-hydrogen) atoms. The molecular weight excluding hydrogens is 320 g/mol. The maximum atomic E-state index is 10.3. The highest BCUT2D eigenvalue weighted by molar-refractivity contribution is 5.44. The molecule has 3 heterocycles. The maximum Gasteiger partial charge on any atom is 0.161 e. The van der Waals surface area contributed by atoms with Gasteiger partial charge in [-0.3, -0.25) is 4.90 Å². The number of hydrogen-bond acceptors (Lipinski definition) is 7. The number of aliphatic hydroxyl groups excluding tert-OH is 1. The molecule has 1 atom stereocenters. The molecule has 2 saturated heterocycles. The Balaban J connectivity index is 0.000000258. The van der Waals surface area contributed by atoms with E-state index < -0.39 is 6.10 Å². The molecule has 0 aromatic heterocycles. The first-order valence-corrected chi connectivity index (χ1v) is 9.25. The van der Waals surface area contributed by atoms with Crippen LogP contribution in [0.4, 0.5) is 0 Å². The lowest BCUT2D eigenvalue weighted by Crippen LogP contribution is -2.44. The van der Waals surface area contributed by atoms with Gasteiger partial charge in [0, 0.05) is 58.9 Å². The van der Waals surface area contributed by atoms with Crippen LogP contribution in [0.3, 0.4) is 0 Å². The molecule has 3 aliphatic heterocycles. The molecule has 140 valence electrons. The number of piperazine rings is 2. The highest BCUT2D eigenvalue weighted by Gasteiger charge is 2.18. The first kappa shape index (κ1) is 18.4. The summed E-state index contributed by atoms with van der Waals surface area (Å²) in [7, 11) is 0. The van der Waals surface area contributed by atoms with E-state index >= 15 is 0 Å². The van der Waals surface area contributed by atoms with E-state index in [0.29, 0.717) is 19.8 Å². The van der Waals surface area contributed by atoms with Crippen molar-refractivity contribution in [1.29, 1.82) is 0 Å². The van der Waals surface area contributed by atoms with Gasteiger partial charge in [-0.05, 0) is 17.7 Å².